The summed E-state index contributed by atoms with van der Waals surface area (Å²) in [5.41, 5.74) is 5.38. The van der Waals surface area contributed by atoms with Crippen LogP contribution in [0.3, 0.4) is 0 Å². The van der Waals surface area contributed by atoms with Gasteiger partial charge >= 0.3 is 6.09 Å². The van der Waals surface area contributed by atoms with Gasteiger partial charge in [0.2, 0.25) is 17.4 Å². The molecule has 2 heterocycles. The maximum Gasteiger partial charge on any atom is 0.411 e. The molecule has 0 aliphatic carbocycles. The number of nitrogens with one attached hydrogen (secondary N) is 4. The monoisotopic (exact) mass is 888 g/mol. The Kier molecular flexibility index (Phi) is 16.2. The summed E-state index contributed by atoms with van der Waals surface area (Å²) in [5, 5.41) is 20.6. The van der Waals surface area contributed by atoms with Crippen molar-refractivity contribution in [1.29, 1.82) is 0 Å². The van der Waals surface area contributed by atoms with E-state index in [1.807, 2.05) is 84.9 Å². The number of H-pyrrole nitrogens is 1. The van der Waals surface area contributed by atoms with Gasteiger partial charge < -0.3 is 39.7 Å². The molecule has 1 saturated heterocycles. The number of hydrogen-bond donors (Lipinski definition) is 5. The van der Waals surface area contributed by atoms with Gasteiger partial charge in [0.05, 0.1) is 17.3 Å². The van der Waals surface area contributed by atoms with E-state index < -0.39 is 14.4 Å². The second-order valence-electron chi connectivity index (χ2n) is 18.2. The molecule has 6 rings (SSSR count). The molecule has 0 spiro atoms. The molecular weight excluding hydrogens is 825 g/mol. The first-order valence-electron chi connectivity index (χ1n) is 22.3. The van der Waals surface area contributed by atoms with Crippen molar-refractivity contribution in [2.24, 2.45) is 0 Å². The average molecular weight is 889 g/mol. The molecule has 1 atom stereocenters. The predicted octanol–water partition coefficient (Wildman–Crippen LogP) is 9.03. The zero-order valence-corrected chi connectivity index (χ0v) is 39.0. The molecule has 340 valence electrons. The summed E-state index contributed by atoms with van der Waals surface area (Å²) in [4.78, 5) is 57.3. The molecule has 0 bridgehead atoms. The maximum absolute atomic E-state index is 12.9. The normalized spacial score (nSPS) is 14.2. The number of pyridine rings is 1. The minimum Gasteiger partial charge on any atom is -0.506 e. The fourth-order valence-corrected chi connectivity index (χ4v) is 8.89. The van der Waals surface area contributed by atoms with Crippen molar-refractivity contribution >= 4 is 48.5 Å². The first-order valence-corrected chi connectivity index (χ1v) is 25.2. The molecule has 5 aromatic rings. The molecule has 14 heteroatoms. The summed E-state index contributed by atoms with van der Waals surface area (Å²) < 4.78 is 12.7. The van der Waals surface area contributed by atoms with Gasteiger partial charge in [0.15, 0.2) is 8.32 Å². The zero-order valence-electron chi connectivity index (χ0n) is 38.0. The van der Waals surface area contributed by atoms with Crippen LogP contribution < -0.4 is 21.5 Å². The van der Waals surface area contributed by atoms with E-state index in [4.69, 9.17) is 9.16 Å². The van der Waals surface area contributed by atoms with Gasteiger partial charge in [0.25, 0.3) is 0 Å². The second kappa shape index (κ2) is 21.7. The molecule has 0 unspecified atom stereocenters. The van der Waals surface area contributed by atoms with Crippen molar-refractivity contribution in [3.63, 3.8) is 0 Å². The van der Waals surface area contributed by atoms with Crippen LogP contribution in [0.15, 0.2) is 108 Å². The van der Waals surface area contributed by atoms with Crippen molar-refractivity contribution in [3.05, 3.63) is 125 Å². The quantitative estimate of drug-likeness (QED) is 0.0540. The molecule has 64 heavy (non-hydrogen) atoms. The number of piperidine rings is 1. The van der Waals surface area contributed by atoms with Crippen LogP contribution >= 0.6 is 0 Å². The molecule has 1 aliphatic heterocycles. The first-order chi connectivity index (χ1) is 30.6. The Morgan fingerprint density at radius 3 is 2.31 bits per heavy atom. The van der Waals surface area contributed by atoms with Crippen LogP contribution in [0.5, 0.6) is 5.75 Å². The Morgan fingerprint density at radius 1 is 0.891 bits per heavy atom. The van der Waals surface area contributed by atoms with Gasteiger partial charge in [-0.05, 0) is 84.4 Å². The third-order valence-corrected chi connectivity index (χ3v) is 16.9. The lowest BCUT2D eigenvalue weighted by molar-refractivity contribution is -0.130. The molecule has 1 aliphatic rings. The van der Waals surface area contributed by atoms with Crippen LogP contribution in [0, 0.1) is 0 Å². The van der Waals surface area contributed by atoms with Gasteiger partial charge in [0, 0.05) is 81.9 Å². The Bertz CT molecular complexity index is 2410. The van der Waals surface area contributed by atoms with E-state index in [1.54, 1.807) is 24.1 Å². The summed E-state index contributed by atoms with van der Waals surface area (Å²) in [7, 11) is -0.442. The average Bonchev–Trinajstić information content (AvgIpc) is 3.26. The minimum atomic E-state index is -2.22. The maximum atomic E-state index is 12.9. The van der Waals surface area contributed by atoms with E-state index >= 15 is 0 Å². The molecular formula is C50H64N6O7Si. The summed E-state index contributed by atoms with van der Waals surface area (Å²) in [6.45, 7) is 14.7. The summed E-state index contributed by atoms with van der Waals surface area (Å²) >= 11 is 0. The number of aromatic nitrogens is 1. The smallest absolute Gasteiger partial charge is 0.411 e. The standard InChI is InChI=1S/C50H64N6O7Si/c1-50(2,3)64(5,6)63-44(40-22-24-43(57)48-41(40)23-25-46(59)54-48)34-51-33-35-18-20-37(21-19-35)52-45(58)17-12-29-55(4)47(60)28-32-56-30-26-38(27-31-56)62-49(61)53-42-16-11-10-15-39(42)36-13-8-7-9-14-36/h7-11,13-16,18-25,38,44,51,57H,12,17,26-34H2,1-6H3,(H,52,58)(H,53,61)(H,54,59)/t44-/m1/s1. The van der Waals surface area contributed by atoms with Gasteiger partial charge in [-0.1, -0.05) is 87.5 Å². The van der Waals surface area contributed by atoms with Crippen LogP contribution in [-0.2, 0) is 25.3 Å². The number of phenols is 1. The highest BCUT2D eigenvalue weighted by atomic mass is 28.4. The summed E-state index contributed by atoms with van der Waals surface area (Å²) in [5.74, 6) is -0.0663. The van der Waals surface area contributed by atoms with Crippen molar-refractivity contribution in [3.8, 4) is 16.9 Å². The number of ether oxygens (including phenoxy) is 1. The number of benzene rings is 4. The van der Waals surface area contributed by atoms with Crippen molar-refractivity contribution in [2.75, 3.05) is 50.4 Å². The number of phenolic OH excluding ortho intramolecular Hbond substituents is 1. The van der Waals surface area contributed by atoms with Crippen LogP contribution in [0.1, 0.15) is 70.1 Å². The molecule has 1 fully saturated rings. The fourth-order valence-electron chi connectivity index (χ4n) is 7.61. The number of amides is 3. The number of hydrogen-bond acceptors (Lipinski definition) is 9. The zero-order chi connectivity index (χ0) is 45.9. The van der Waals surface area contributed by atoms with Crippen molar-refractivity contribution in [1.82, 2.24) is 20.1 Å². The predicted molar refractivity (Wildman–Crippen MR) is 257 cm³/mol. The van der Waals surface area contributed by atoms with Crippen LogP contribution in [0.2, 0.25) is 18.1 Å². The number of fused-ring (bicyclic) bond motifs is 1. The minimum absolute atomic E-state index is 0.0133. The number of carbonyl (C=O) groups is 3. The Labute approximate surface area is 377 Å². The molecule has 13 nitrogen and oxygen atoms in total. The second-order valence-corrected chi connectivity index (χ2v) is 22.9. The van der Waals surface area contributed by atoms with Crippen LogP contribution in [-0.4, -0.2) is 92.0 Å². The lowest BCUT2D eigenvalue weighted by atomic mass is 10.0. The Morgan fingerprint density at radius 2 is 1.59 bits per heavy atom. The Balaban J connectivity index is 0.881. The molecule has 4 aromatic carbocycles. The van der Waals surface area contributed by atoms with Gasteiger partial charge in [-0.3, -0.25) is 19.7 Å². The molecule has 0 radical (unpaired) electrons. The number of likely N-dealkylation sites (tertiary alicyclic amines) is 1. The highest BCUT2D eigenvalue weighted by Crippen LogP contribution is 2.41. The number of rotatable bonds is 18. The number of para-hydroxylation sites is 1. The number of aromatic hydroxyl groups is 1. The number of carbonyl (C=O) groups excluding carboxylic acids is 3. The molecule has 1 aromatic heterocycles. The van der Waals surface area contributed by atoms with Crippen molar-refractivity contribution < 1.29 is 28.7 Å². The van der Waals surface area contributed by atoms with Crippen LogP contribution in [0.4, 0.5) is 16.2 Å². The number of nitrogens with zero attached hydrogens (tertiary/aromatic N) is 2. The van der Waals surface area contributed by atoms with Gasteiger partial charge in [-0.2, -0.15) is 0 Å². The summed E-state index contributed by atoms with van der Waals surface area (Å²) in [6.07, 6.45) is 1.63. The van der Waals surface area contributed by atoms with E-state index in [0.29, 0.717) is 68.8 Å². The molecule has 0 saturated carbocycles. The van der Waals surface area contributed by atoms with E-state index in [9.17, 15) is 24.3 Å². The fraction of sp³-hybridized carbons (Fsp3) is 0.400. The topological polar surface area (TPSA) is 165 Å². The molecule has 5 N–H and O–H groups in total. The van der Waals surface area contributed by atoms with E-state index in [0.717, 1.165) is 40.7 Å². The highest BCUT2D eigenvalue weighted by Gasteiger charge is 2.40. The number of aromatic amines is 1. The SMILES string of the molecule is CN(CCCC(=O)Nc1ccc(CNC[C@@H](O[Si](C)(C)C(C)(C)C)c2ccc(O)c3[nH]c(=O)ccc23)cc1)C(=O)CCN1CCC(OC(=O)Nc2ccccc2-c2ccccc2)CC1. The lowest BCUT2D eigenvalue weighted by Crippen LogP contribution is -2.43. The molecule has 3 amide bonds. The van der Waals surface area contributed by atoms with E-state index in [2.05, 4.69) is 59.7 Å². The third-order valence-electron chi connectivity index (χ3n) is 12.4. The van der Waals surface area contributed by atoms with Gasteiger partial charge in [-0.25, -0.2) is 4.79 Å². The summed E-state index contributed by atoms with van der Waals surface area (Å²) in [6, 6.07) is 32.0. The largest absolute Gasteiger partial charge is 0.506 e. The van der Waals surface area contributed by atoms with E-state index in [-0.39, 0.29) is 46.8 Å². The first kappa shape index (κ1) is 47.7. The Hall–Kier alpha value is -5.80. The van der Waals surface area contributed by atoms with Crippen molar-refractivity contribution in [2.45, 2.75) is 89.8 Å². The highest BCUT2D eigenvalue weighted by molar-refractivity contribution is 6.74. The third kappa shape index (κ3) is 13.1. The number of anilines is 2. The lowest BCUT2D eigenvalue weighted by Gasteiger charge is -2.39. The van der Waals surface area contributed by atoms with Crippen LogP contribution in [0.25, 0.3) is 22.0 Å². The van der Waals surface area contributed by atoms with E-state index in [1.165, 1.54) is 6.07 Å². The van der Waals surface area contributed by atoms with Gasteiger partial charge in [-0.15, -0.1) is 0 Å². The van der Waals surface area contributed by atoms with Gasteiger partial charge in [0.1, 0.15) is 11.9 Å².